The number of hydrogen-bond acceptors (Lipinski definition) is 2. The molecule has 1 aromatic carbocycles. The van der Waals surface area contributed by atoms with Crippen LogP contribution in [0.15, 0.2) is 24.3 Å². The molecule has 1 aromatic rings. The summed E-state index contributed by atoms with van der Waals surface area (Å²) in [4.78, 5) is 0. The fourth-order valence-corrected chi connectivity index (χ4v) is 2.18. The van der Waals surface area contributed by atoms with Crippen molar-refractivity contribution in [1.29, 1.82) is 0 Å². The van der Waals surface area contributed by atoms with Gasteiger partial charge in [0.15, 0.2) is 0 Å². The monoisotopic (exact) mass is 206 g/mol. The average molecular weight is 206 g/mol. The summed E-state index contributed by atoms with van der Waals surface area (Å²) in [5.41, 5.74) is 1.93. The van der Waals surface area contributed by atoms with E-state index < -0.39 is 5.60 Å². The Morgan fingerprint density at radius 3 is 2.47 bits per heavy atom. The highest BCUT2D eigenvalue weighted by atomic mass is 16.5. The second kappa shape index (κ2) is 3.95. The van der Waals surface area contributed by atoms with Gasteiger partial charge in [0.25, 0.3) is 0 Å². The molecule has 0 unspecified atom stereocenters. The second-order valence-corrected chi connectivity index (χ2v) is 4.65. The van der Waals surface area contributed by atoms with E-state index in [1.165, 1.54) is 11.1 Å². The first kappa shape index (κ1) is 10.7. The molecule has 0 atom stereocenters. The summed E-state index contributed by atoms with van der Waals surface area (Å²) in [5, 5.41) is 10.2. The molecule has 0 radical (unpaired) electrons. The zero-order chi connectivity index (χ0) is 10.9. The predicted molar refractivity (Wildman–Crippen MR) is 59.9 cm³/mol. The zero-order valence-electron chi connectivity index (χ0n) is 9.36. The van der Waals surface area contributed by atoms with Crippen LogP contribution in [0.2, 0.25) is 0 Å². The van der Waals surface area contributed by atoms with E-state index >= 15 is 0 Å². The van der Waals surface area contributed by atoms with Gasteiger partial charge in [0.2, 0.25) is 0 Å². The summed E-state index contributed by atoms with van der Waals surface area (Å²) in [7, 11) is 1.70. The molecule has 0 aromatic heterocycles. The number of aliphatic hydroxyl groups is 1. The molecule has 1 N–H and O–H groups in total. The van der Waals surface area contributed by atoms with Crippen LogP contribution in [-0.4, -0.2) is 23.9 Å². The molecule has 0 spiro atoms. The molecule has 0 heterocycles. The van der Waals surface area contributed by atoms with Crippen LogP contribution in [-0.2, 0) is 11.2 Å². The maximum atomic E-state index is 10.2. The topological polar surface area (TPSA) is 29.5 Å². The third kappa shape index (κ3) is 2.39. The van der Waals surface area contributed by atoms with Crippen LogP contribution in [0.4, 0.5) is 0 Å². The molecule has 2 heteroatoms. The van der Waals surface area contributed by atoms with Crippen molar-refractivity contribution >= 4 is 0 Å². The summed E-state index contributed by atoms with van der Waals surface area (Å²) < 4.78 is 5.18. The van der Waals surface area contributed by atoms with Crippen LogP contribution < -0.4 is 0 Å². The van der Waals surface area contributed by atoms with E-state index in [0.717, 1.165) is 19.3 Å². The summed E-state index contributed by atoms with van der Waals surface area (Å²) in [6.07, 6.45) is 2.52. The average Bonchev–Trinajstić information content (AvgIpc) is 2.17. The van der Waals surface area contributed by atoms with Gasteiger partial charge in [0.05, 0.1) is 11.7 Å². The van der Waals surface area contributed by atoms with Crippen LogP contribution in [0.3, 0.4) is 0 Å². The third-order valence-electron chi connectivity index (χ3n) is 3.20. The van der Waals surface area contributed by atoms with Gasteiger partial charge in [-0.2, -0.15) is 0 Å². The zero-order valence-corrected chi connectivity index (χ0v) is 9.36. The summed E-state index contributed by atoms with van der Waals surface area (Å²) >= 11 is 0. The molecule has 1 saturated carbocycles. The molecule has 1 aliphatic carbocycles. The van der Waals surface area contributed by atoms with Crippen LogP contribution in [0.1, 0.15) is 24.0 Å². The molecule has 15 heavy (non-hydrogen) atoms. The van der Waals surface area contributed by atoms with Gasteiger partial charge in [-0.05, 0) is 12.5 Å². The van der Waals surface area contributed by atoms with Crippen LogP contribution >= 0.6 is 0 Å². The number of methoxy groups -OCH3 is 1. The minimum absolute atomic E-state index is 0.250. The van der Waals surface area contributed by atoms with E-state index in [4.69, 9.17) is 4.74 Å². The molecule has 0 bridgehead atoms. The molecule has 1 fully saturated rings. The van der Waals surface area contributed by atoms with Crippen molar-refractivity contribution in [2.75, 3.05) is 7.11 Å². The van der Waals surface area contributed by atoms with Crippen molar-refractivity contribution in [1.82, 2.24) is 0 Å². The Morgan fingerprint density at radius 2 is 1.93 bits per heavy atom. The Kier molecular flexibility index (Phi) is 2.81. The Labute approximate surface area is 90.9 Å². The lowest BCUT2D eigenvalue weighted by Gasteiger charge is -2.42. The summed E-state index contributed by atoms with van der Waals surface area (Å²) in [5.74, 6) is 0. The first-order valence-electron chi connectivity index (χ1n) is 5.42. The molecular weight excluding hydrogens is 188 g/mol. The Morgan fingerprint density at radius 1 is 1.33 bits per heavy atom. The van der Waals surface area contributed by atoms with Crippen LogP contribution in [0.25, 0.3) is 0 Å². The van der Waals surface area contributed by atoms with E-state index in [0.29, 0.717) is 0 Å². The summed E-state index contributed by atoms with van der Waals surface area (Å²) in [6, 6.07) is 8.36. The number of aryl methyl sites for hydroxylation is 1. The smallest absolute Gasteiger partial charge is 0.0737 e. The lowest BCUT2D eigenvalue weighted by molar-refractivity contribution is -0.126. The fourth-order valence-electron chi connectivity index (χ4n) is 2.18. The lowest BCUT2D eigenvalue weighted by atomic mass is 9.73. The van der Waals surface area contributed by atoms with Gasteiger partial charge in [0, 0.05) is 26.4 Å². The normalized spacial score (nSPS) is 29.9. The maximum Gasteiger partial charge on any atom is 0.0737 e. The van der Waals surface area contributed by atoms with Crippen LogP contribution in [0, 0.1) is 6.92 Å². The Balaban J connectivity index is 1.95. The van der Waals surface area contributed by atoms with Crippen molar-refractivity contribution < 1.29 is 9.84 Å². The van der Waals surface area contributed by atoms with Gasteiger partial charge in [-0.1, -0.05) is 29.8 Å². The first-order valence-corrected chi connectivity index (χ1v) is 5.42. The lowest BCUT2D eigenvalue weighted by Crippen LogP contribution is -2.49. The van der Waals surface area contributed by atoms with Crippen molar-refractivity contribution in [3.05, 3.63) is 35.4 Å². The standard InChI is InChI=1S/C13H18O2/c1-10-3-5-11(6-4-10)7-13(14)8-12(9-13)15-2/h3-6,12,14H,7-9H2,1-2H3. The van der Waals surface area contributed by atoms with E-state index in [1.54, 1.807) is 7.11 Å². The van der Waals surface area contributed by atoms with Crippen molar-refractivity contribution in [3.8, 4) is 0 Å². The second-order valence-electron chi connectivity index (χ2n) is 4.65. The maximum absolute atomic E-state index is 10.2. The number of benzene rings is 1. The highest BCUT2D eigenvalue weighted by Crippen LogP contribution is 2.36. The Bertz CT molecular complexity index is 323. The molecule has 2 rings (SSSR count). The van der Waals surface area contributed by atoms with Gasteiger partial charge >= 0.3 is 0 Å². The Hall–Kier alpha value is -0.860. The quantitative estimate of drug-likeness (QED) is 0.820. The molecule has 82 valence electrons. The SMILES string of the molecule is COC1CC(O)(Cc2ccc(C)cc2)C1. The third-order valence-corrected chi connectivity index (χ3v) is 3.20. The van der Waals surface area contributed by atoms with Crippen molar-refractivity contribution in [3.63, 3.8) is 0 Å². The van der Waals surface area contributed by atoms with Gasteiger partial charge in [-0.3, -0.25) is 0 Å². The van der Waals surface area contributed by atoms with Gasteiger partial charge in [-0.25, -0.2) is 0 Å². The van der Waals surface area contributed by atoms with Gasteiger partial charge in [0.1, 0.15) is 0 Å². The minimum Gasteiger partial charge on any atom is -0.389 e. The number of rotatable bonds is 3. The largest absolute Gasteiger partial charge is 0.389 e. The highest BCUT2D eigenvalue weighted by Gasteiger charge is 2.42. The van der Waals surface area contributed by atoms with Crippen molar-refractivity contribution in [2.45, 2.75) is 37.9 Å². The molecular formula is C13H18O2. The summed E-state index contributed by atoms with van der Waals surface area (Å²) in [6.45, 7) is 2.07. The molecule has 0 amide bonds. The molecule has 0 aliphatic heterocycles. The fraction of sp³-hybridized carbons (Fsp3) is 0.538. The van der Waals surface area contributed by atoms with E-state index in [9.17, 15) is 5.11 Å². The highest BCUT2D eigenvalue weighted by molar-refractivity contribution is 5.23. The van der Waals surface area contributed by atoms with Gasteiger partial charge < -0.3 is 9.84 Å². The predicted octanol–water partition coefficient (Wildman–Crippen LogP) is 2.08. The molecule has 1 aliphatic rings. The van der Waals surface area contributed by atoms with E-state index in [-0.39, 0.29) is 6.10 Å². The number of hydrogen-bond donors (Lipinski definition) is 1. The molecule has 2 nitrogen and oxygen atoms in total. The van der Waals surface area contributed by atoms with Crippen LogP contribution in [0.5, 0.6) is 0 Å². The van der Waals surface area contributed by atoms with Crippen molar-refractivity contribution in [2.24, 2.45) is 0 Å². The molecule has 0 saturated heterocycles. The first-order chi connectivity index (χ1) is 7.11. The number of ether oxygens (including phenoxy) is 1. The minimum atomic E-state index is -0.532. The van der Waals surface area contributed by atoms with E-state index in [1.807, 2.05) is 0 Å². The van der Waals surface area contributed by atoms with E-state index in [2.05, 4.69) is 31.2 Å². The van der Waals surface area contributed by atoms with Gasteiger partial charge in [-0.15, -0.1) is 0 Å².